The normalized spacial score (nSPS) is 12.0. The predicted octanol–water partition coefficient (Wildman–Crippen LogP) is 0.961. The van der Waals surface area contributed by atoms with Crippen molar-refractivity contribution in [1.82, 2.24) is 15.1 Å². The van der Waals surface area contributed by atoms with E-state index >= 15 is 0 Å². The zero-order valence-corrected chi connectivity index (χ0v) is 10.5. The second-order valence-electron chi connectivity index (χ2n) is 5.01. The van der Waals surface area contributed by atoms with Crippen molar-refractivity contribution in [3.8, 4) is 0 Å². The van der Waals surface area contributed by atoms with Crippen LogP contribution >= 0.6 is 0 Å². The van der Waals surface area contributed by atoms with E-state index in [0.29, 0.717) is 0 Å². The van der Waals surface area contributed by atoms with Crippen LogP contribution in [0.15, 0.2) is 12.3 Å². The summed E-state index contributed by atoms with van der Waals surface area (Å²) in [5.74, 6) is 0. The van der Waals surface area contributed by atoms with E-state index in [1.54, 1.807) is 0 Å². The van der Waals surface area contributed by atoms with Crippen molar-refractivity contribution < 1.29 is 5.11 Å². The average Bonchev–Trinajstić information content (AvgIpc) is 2.59. The number of aromatic nitrogens is 2. The summed E-state index contributed by atoms with van der Waals surface area (Å²) >= 11 is 0. The molecule has 1 aromatic rings. The highest BCUT2D eigenvalue weighted by Gasteiger charge is 2.15. The maximum atomic E-state index is 8.91. The van der Waals surface area contributed by atoms with Crippen LogP contribution in [0.3, 0.4) is 0 Å². The van der Waals surface area contributed by atoms with Gasteiger partial charge in [0.25, 0.3) is 0 Å². The van der Waals surface area contributed by atoms with Crippen molar-refractivity contribution in [2.75, 3.05) is 19.7 Å². The minimum atomic E-state index is 0.168. The van der Waals surface area contributed by atoms with E-state index in [-0.39, 0.29) is 12.0 Å². The lowest BCUT2D eigenvalue weighted by atomic mass is 9.90. The Kier molecular flexibility index (Phi) is 4.96. The van der Waals surface area contributed by atoms with Gasteiger partial charge in [-0.25, -0.2) is 0 Å². The molecule has 0 bridgehead atoms. The van der Waals surface area contributed by atoms with E-state index in [1.807, 2.05) is 24.0 Å². The summed E-state index contributed by atoms with van der Waals surface area (Å²) in [6.45, 7) is 6.48. The Bertz CT molecular complexity index is 307. The van der Waals surface area contributed by atoms with Crippen molar-refractivity contribution in [1.29, 1.82) is 0 Å². The van der Waals surface area contributed by atoms with Crippen LogP contribution in [0.5, 0.6) is 0 Å². The summed E-state index contributed by atoms with van der Waals surface area (Å²) in [5.41, 5.74) is 1.41. The first-order valence-corrected chi connectivity index (χ1v) is 5.84. The van der Waals surface area contributed by atoms with E-state index in [0.717, 1.165) is 25.9 Å². The highest BCUT2D eigenvalue weighted by atomic mass is 16.3. The third kappa shape index (κ3) is 4.33. The Morgan fingerprint density at radius 2 is 2.25 bits per heavy atom. The highest BCUT2D eigenvalue weighted by Crippen LogP contribution is 2.17. The van der Waals surface area contributed by atoms with E-state index in [1.165, 1.54) is 5.69 Å². The molecule has 4 heteroatoms. The van der Waals surface area contributed by atoms with Crippen LogP contribution in [-0.4, -0.2) is 34.6 Å². The largest absolute Gasteiger partial charge is 0.396 e. The first-order chi connectivity index (χ1) is 7.55. The van der Waals surface area contributed by atoms with Gasteiger partial charge in [-0.3, -0.25) is 4.68 Å². The van der Waals surface area contributed by atoms with Crippen LogP contribution in [0.4, 0.5) is 0 Å². The van der Waals surface area contributed by atoms with Gasteiger partial charge in [0, 0.05) is 45.1 Å². The molecule has 0 saturated carbocycles. The lowest BCUT2D eigenvalue weighted by Crippen LogP contribution is -2.31. The van der Waals surface area contributed by atoms with Crippen molar-refractivity contribution >= 4 is 0 Å². The number of aliphatic hydroxyl groups is 1. The third-order valence-corrected chi connectivity index (χ3v) is 2.87. The van der Waals surface area contributed by atoms with Gasteiger partial charge in [0.15, 0.2) is 0 Å². The van der Waals surface area contributed by atoms with E-state index < -0.39 is 0 Å². The van der Waals surface area contributed by atoms with E-state index in [2.05, 4.69) is 24.3 Å². The SMILES string of the molecule is Cn1nccc1CCNCC(C)(C)CCO. The first-order valence-electron chi connectivity index (χ1n) is 5.84. The van der Waals surface area contributed by atoms with Gasteiger partial charge in [0.2, 0.25) is 0 Å². The van der Waals surface area contributed by atoms with Crippen LogP contribution in [0, 0.1) is 5.41 Å². The lowest BCUT2D eigenvalue weighted by Gasteiger charge is -2.23. The van der Waals surface area contributed by atoms with E-state index in [9.17, 15) is 0 Å². The molecule has 2 N–H and O–H groups in total. The van der Waals surface area contributed by atoms with E-state index in [4.69, 9.17) is 5.11 Å². The zero-order valence-electron chi connectivity index (χ0n) is 10.5. The van der Waals surface area contributed by atoms with Crippen LogP contribution in [0.2, 0.25) is 0 Å². The van der Waals surface area contributed by atoms with Gasteiger partial charge in [-0.15, -0.1) is 0 Å². The molecular weight excluding hydrogens is 202 g/mol. The molecule has 0 spiro atoms. The Morgan fingerprint density at radius 3 is 2.81 bits per heavy atom. The Hall–Kier alpha value is -0.870. The van der Waals surface area contributed by atoms with Gasteiger partial charge in [-0.2, -0.15) is 5.10 Å². The van der Waals surface area contributed by atoms with Gasteiger partial charge in [-0.05, 0) is 17.9 Å². The second kappa shape index (κ2) is 6.01. The van der Waals surface area contributed by atoms with Gasteiger partial charge in [0.1, 0.15) is 0 Å². The number of nitrogens with zero attached hydrogens (tertiary/aromatic N) is 2. The van der Waals surface area contributed by atoms with Crippen molar-refractivity contribution in [3.63, 3.8) is 0 Å². The van der Waals surface area contributed by atoms with Crippen molar-refractivity contribution in [3.05, 3.63) is 18.0 Å². The summed E-state index contributed by atoms with van der Waals surface area (Å²) in [7, 11) is 1.96. The molecule has 0 radical (unpaired) electrons. The Balaban J connectivity index is 2.19. The van der Waals surface area contributed by atoms with Gasteiger partial charge < -0.3 is 10.4 Å². The Labute approximate surface area is 97.7 Å². The molecule has 0 unspecified atom stereocenters. The van der Waals surface area contributed by atoms with Gasteiger partial charge in [0.05, 0.1) is 0 Å². The molecule has 0 aromatic carbocycles. The highest BCUT2D eigenvalue weighted by molar-refractivity contribution is 5.00. The quantitative estimate of drug-likeness (QED) is 0.680. The molecule has 0 atom stereocenters. The molecule has 1 heterocycles. The molecular formula is C12H23N3O. The molecule has 1 aromatic heterocycles. The average molecular weight is 225 g/mol. The number of aliphatic hydroxyl groups excluding tert-OH is 1. The lowest BCUT2D eigenvalue weighted by molar-refractivity contribution is 0.207. The summed E-state index contributed by atoms with van der Waals surface area (Å²) < 4.78 is 1.90. The fraction of sp³-hybridized carbons (Fsp3) is 0.750. The monoisotopic (exact) mass is 225 g/mol. The molecule has 0 amide bonds. The molecule has 4 nitrogen and oxygen atoms in total. The number of aryl methyl sites for hydroxylation is 1. The van der Waals surface area contributed by atoms with Crippen LogP contribution in [0.25, 0.3) is 0 Å². The molecule has 16 heavy (non-hydrogen) atoms. The van der Waals surface area contributed by atoms with Crippen molar-refractivity contribution in [2.24, 2.45) is 12.5 Å². The zero-order chi connectivity index (χ0) is 12.0. The predicted molar refractivity (Wildman–Crippen MR) is 65.3 cm³/mol. The number of hydrogen-bond donors (Lipinski definition) is 2. The summed E-state index contributed by atoms with van der Waals surface area (Å²) in [6.07, 6.45) is 3.66. The maximum Gasteiger partial charge on any atom is 0.0492 e. The molecule has 0 saturated heterocycles. The second-order valence-corrected chi connectivity index (χ2v) is 5.01. The smallest absolute Gasteiger partial charge is 0.0492 e. The molecule has 92 valence electrons. The van der Waals surface area contributed by atoms with Crippen LogP contribution < -0.4 is 5.32 Å². The minimum Gasteiger partial charge on any atom is -0.396 e. The van der Waals surface area contributed by atoms with Crippen LogP contribution in [-0.2, 0) is 13.5 Å². The molecule has 0 fully saturated rings. The minimum absolute atomic E-state index is 0.168. The van der Waals surface area contributed by atoms with Gasteiger partial charge in [-0.1, -0.05) is 13.8 Å². The fourth-order valence-corrected chi connectivity index (χ4v) is 1.68. The third-order valence-electron chi connectivity index (χ3n) is 2.87. The summed E-state index contributed by atoms with van der Waals surface area (Å²) in [4.78, 5) is 0. The standard InChI is InChI=1S/C12H23N3O/c1-12(2,6-9-16)10-13-7-4-11-5-8-14-15(11)3/h5,8,13,16H,4,6-7,9-10H2,1-3H3. The maximum absolute atomic E-state index is 8.91. The number of hydrogen-bond acceptors (Lipinski definition) is 3. The first kappa shape index (κ1) is 13.2. The topological polar surface area (TPSA) is 50.1 Å². The molecule has 1 rings (SSSR count). The molecule has 0 aliphatic heterocycles. The number of nitrogens with one attached hydrogen (secondary N) is 1. The fourth-order valence-electron chi connectivity index (χ4n) is 1.68. The van der Waals surface area contributed by atoms with Crippen molar-refractivity contribution in [2.45, 2.75) is 26.7 Å². The summed E-state index contributed by atoms with van der Waals surface area (Å²) in [5, 5.41) is 16.5. The van der Waals surface area contributed by atoms with Gasteiger partial charge >= 0.3 is 0 Å². The van der Waals surface area contributed by atoms with Crippen LogP contribution in [0.1, 0.15) is 26.0 Å². The molecule has 0 aliphatic carbocycles. The Morgan fingerprint density at radius 1 is 1.50 bits per heavy atom. The number of rotatable bonds is 7. The summed E-state index contributed by atoms with van der Waals surface area (Å²) in [6, 6.07) is 2.04. The molecule has 0 aliphatic rings.